The Bertz CT molecular complexity index is 471. The van der Waals surface area contributed by atoms with Crippen molar-refractivity contribution in [1.82, 2.24) is 9.97 Å². The number of anilines is 1. The average Bonchev–Trinajstić information content (AvgIpc) is 2.76. The molecule has 3 heterocycles. The zero-order valence-electron chi connectivity index (χ0n) is 10.9. The van der Waals surface area contributed by atoms with E-state index >= 15 is 0 Å². The maximum Gasteiger partial charge on any atom is 0.224 e. The minimum atomic E-state index is -0.929. The van der Waals surface area contributed by atoms with Crippen LogP contribution in [-0.2, 0) is 6.42 Å². The van der Waals surface area contributed by atoms with Crippen molar-refractivity contribution in [2.75, 3.05) is 23.7 Å². The van der Waals surface area contributed by atoms with Gasteiger partial charge in [-0.25, -0.2) is 4.98 Å². The van der Waals surface area contributed by atoms with E-state index in [9.17, 15) is 0 Å². The molecule has 1 aromatic heterocycles. The Balaban J connectivity index is 1.89. The SMILES string of the molecule is C[Si]1(C)CCN(c2nc(Cl)nc3c2SCC3)CC1. The van der Waals surface area contributed by atoms with E-state index in [-0.39, 0.29) is 0 Å². The van der Waals surface area contributed by atoms with Crippen LogP contribution in [0.1, 0.15) is 5.69 Å². The molecule has 0 unspecified atom stereocenters. The molecule has 18 heavy (non-hydrogen) atoms. The lowest BCUT2D eigenvalue weighted by Crippen LogP contribution is -2.43. The molecule has 0 saturated carbocycles. The van der Waals surface area contributed by atoms with E-state index in [0.717, 1.165) is 36.8 Å². The largest absolute Gasteiger partial charge is 0.356 e. The Hall–Kier alpha value is -0.263. The molecule has 0 radical (unpaired) electrons. The van der Waals surface area contributed by atoms with Crippen LogP contribution in [0.2, 0.25) is 30.5 Å². The van der Waals surface area contributed by atoms with E-state index in [4.69, 9.17) is 11.6 Å². The van der Waals surface area contributed by atoms with E-state index in [1.54, 1.807) is 0 Å². The van der Waals surface area contributed by atoms with Crippen molar-refractivity contribution in [3.8, 4) is 0 Å². The summed E-state index contributed by atoms with van der Waals surface area (Å²) in [4.78, 5) is 12.5. The molecular formula is C12H18ClN3SSi. The van der Waals surface area contributed by atoms with Gasteiger partial charge in [-0.15, -0.1) is 11.8 Å². The first-order valence-corrected chi connectivity index (χ1v) is 11.3. The minimum absolute atomic E-state index is 0.410. The first-order valence-electron chi connectivity index (χ1n) is 6.49. The summed E-state index contributed by atoms with van der Waals surface area (Å²) in [6.45, 7) is 7.24. The number of aromatic nitrogens is 2. The third-order valence-electron chi connectivity index (χ3n) is 3.89. The van der Waals surface area contributed by atoms with Gasteiger partial charge < -0.3 is 4.90 Å². The molecule has 0 spiro atoms. The lowest BCUT2D eigenvalue weighted by atomic mass is 10.3. The lowest BCUT2D eigenvalue weighted by Gasteiger charge is -2.36. The molecule has 0 N–H and O–H groups in total. The summed E-state index contributed by atoms with van der Waals surface area (Å²) in [5.74, 6) is 2.21. The van der Waals surface area contributed by atoms with Crippen molar-refractivity contribution in [2.45, 2.75) is 36.5 Å². The minimum Gasteiger partial charge on any atom is -0.356 e. The predicted octanol–water partition coefficient (Wildman–Crippen LogP) is 3.31. The summed E-state index contributed by atoms with van der Waals surface area (Å²) in [5, 5.41) is 0.410. The molecule has 98 valence electrons. The third kappa shape index (κ3) is 2.40. The summed E-state index contributed by atoms with van der Waals surface area (Å²) >= 11 is 7.94. The quantitative estimate of drug-likeness (QED) is 0.588. The number of hydrogen-bond donors (Lipinski definition) is 0. The zero-order valence-corrected chi connectivity index (χ0v) is 13.4. The molecule has 1 fully saturated rings. The molecule has 3 nitrogen and oxygen atoms in total. The van der Waals surface area contributed by atoms with Crippen molar-refractivity contribution < 1.29 is 0 Å². The standard InChI is InChI=1S/C12H18ClN3SSi/c1-18(2)7-4-16(5-8-18)11-10-9(3-6-17-10)14-12(13)15-11/h3-8H2,1-2H3. The number of hydrogen-bond acceptors (Lipinski definition) is 4. The number of aryl methyl sites for hydroxylation is 1. The second-order valence-corrected chi connectivity index (χ2v) is 12.6. The van der Waals surface area contributed by atoms with Crippen molar-refractivity contribution in [3.63, 3.8) is 0 Å². The average molecular weight is 300 g/mol. The highest BCUT2D eigenvalue weighted by Crippen LogP contribution is 2.39. The highest BCUT2D eigenvalue weighted by molar-refractivity contribution is 7.99. The van der Waals surface area contributed by atoms with Gasteiger partial charge in [0.25, 0.3) is 0 Å². The molecule has 0 atom stereocenters. The van der Waals surface area contributed by atoms with E-state index in [1.165, 1.54) is 17.0 Å². The smallest absolute Gasteiger partial charge is 0.224 e. The Kier molecular flexibility index (Phi) is 3.32. The van der Waals surface area contributed by atoms with Crippen LogP contribution in [0.15, 0.2) is 4.90 Å². The molecule has 3 rings (SSSR count). The molecule has 2 aliphatic rings. The van der Waals surface area contributed by atoms with Gasteiger partial charge in [0, 0.05) is 25.3 Å². The maximum atomic E-state index is 6.05. The molecule has 0 amide bonds. The fourth-order valence-corrected chi connectivity index (χ4v) is 5.86. The van der Waals surface area contributed by atoms with Gasteiger partial charge in [-0.3, -0.25) is 0 Å². The van der Waals surface area contributed by atoms with E-state index < -0.39 is 8.07 Å². The first-order chi connectivity index (χ1) is 8.55. The molecule has 6 heteroatoms. The Morgan fingerprint density at radius 1 is 1.22 bits per heavy atom. The molecule has 0 bridgehead atoms. The monoisotopic (exact) mass is 299 g/mol. The normalized spacial score (nSPS) is 22.1. The number of rotatable bonds is 1. The van der Waals surface area contributed by atoms with Crippen molar-refractivity contribution in [1.29, 1.82) is 0 Å². The van der Waals surface area contributed by atoms with Gasteiger partial charge in [-0.1, -0.05) is 13.1 Å². The summed E-state index contributed by atoms with van der Waals surface area (Å²) in [6.07, 6.45) is 1.03. The van der Waals surface area contributed by atoms with Gasteiger partial charge >= 0.3 is 0 Å². The van der Waals surface area contributed by atoms with E-state index in [2.05, 4.69) is 28.0 Å². The van der Waals surface area contributed by atoms with Crippen LogP contribution in [0.4, 0.5) is 5.82 Å². The van der Waals surface area contributed by atoms with Crippen LogP contribution in [-0.4, -0.2) is 36.9 Å². The molecule has 1 aromatic rings. The topological polar surface area (TPSA) is 29.0 Å². The van der Waals surface area contributed by atoms with E-state index in [0.29, 0.717) is 5.28 Å². The van der Waals surface area contributed by atoms with Crippen LogP contribution in [0.3, 0.4) is 0 Å². The van der Waals surface area contributed by atoms with Gasteiger partial charge in [0.2, 0.25) is 5.28 Å². The van der Waals surface area contributed by atoms with Crippen molar-refractivity contribution in [2.24, 2.45) is 0 Å². The first kappa shape index (κ1) is 12.8. The molecule has 0 aromatic carbocycles. The molecule has 0 aliphatic carbocycles. The highest BCUT2D eigenvalue weighted by Gasteiger charge is 2.30. The Morgan fingerprint density at radius 2 is 1.94 bits per heavy atom. The number of nitrogens with zero attached hydrogens (tertiary/aromatic N) is 3. The number of halogens is 1. The highest BCUT2D eigenvalue weighted by atomic mass is 35.5. The second kappa shape index (κ2) is 4.69. The van der Waals surface area contributed by atoms with Crippen molar-refractivity contribution >= 4 is 37.3 Å². The van der Waals surface area contributed by atoms with Gasteiger partial charge in [0.15, 0.2) is 0 Å². The predicted molar refractivity (Wildman–Crippen MR) is 80.8 cm³/mol. The fraction of sp³-hybridized carbons (Fsp3) is 0.667. The van der Waals surface area contributed by atoms with Gasteiger partial charge in [-0.2, -0.15) is 4.98 Å². The fourth-order valence-electron chi connectivity index (χ4n) is 2.56. The van der Waals surface area contributed by atoms with Crippen molar-refractivity contribution in [3.05, 3.63) is 11.0 Å². The summed E-state index contributed by atoms with van der Waals surface area (Å²) < 4.78 is 0. The Morgan fingerprint density at radius 3 is 2.67 bits per heavy atom. The van der Waals surface area contributed by atoms with Gasteiger partial charge in [0.05, 0.1) is 18.7 Å². The third-order valence-corrected chi connectivity index (χ3v) is 8.33. The van der Waals surface area contributed by atoms with E-state index in [1.807, 2.05) is 11.8 Å². The van der Waals surface area contributed by atoms with Crippen LogP contribution >= 0.6 is 23.4 Å². The molecule has 2 aliphatic heterocycles. The Labute approximate surface area is 118 Å². The molecular weight excluding hydrogens is 282 g/mol. The maximum absolute atomic E-state index is 6.05. The number of fused-ring (bicyclic) bond motifs is 1. The van der Waals surface area contributed by atoms with Crippen LogP contribution in [0.25, 0.3) is 0 Å². The van der Waals surface area contributed by atoms with Gasteiger partial charge in [-0.05, 0) is 23.7 Å². The van der Waals surface area contributed by atoms with Gasteiger partial charge in [0.1, 0.15) is 5.82 Å². The van der Waals surface area contributed by atoms with Crippen LogP contribution in [0, 0.1) is 0 Å². The van der Waals surface area contributed by atoms with Crippen LogP contribution in [0.5, 0.6) is 0 Å². The van der Waals surface area contributed by atoms with Crippen LogP contribution < -0.4 is 4.90 Å². The molecule has 1 saturated heterocycles. The number of thioether (sulfide) groups is 1. The summed E-state index contributed by atoms with van der Waals surface area (Å²) in [7, 11) is -0.929. The summed E-state index contributed by atoms with van der Waals surface area (Å²) in [5.41, 5.74) is 1.15. The lowest BCUT2D eigenvalue weighted by molar-refractivity contribution is 0.772. The summed E-state index contributed by atoms with van der Waals surface area (Å²) in [6, 6.07) is 2.71. The zero-order chi connectivity index (χ0) is 12.8. The second-order valence-electron chi connectivity index (χ2n) is 5.84.